The van der Waals surface area contributed by atoms with E-state index in [1.165, 1.54) is 6.26 Å². The molecular formula is C10H20ClNO2S. The van der Waals surface area contributed by atoms with Gasteiger partial charge in [-0.25, -0.2) is 12.7 Å². The average Bonchev–Trinajstić information content (AvgIpc) is 2.17. The highest BCUT2D eigenvalue weighted by atomic mass is 35.5. The van der Waals surface area contributed by atoms with E-state index in [0.717, 1.165) is 32.1 Å². The van der Waals surface area contributed by atoms with E-state index >= 15 is 0 Å². The topological polar surface area (TPSA) is 37.4 Å². The van der Waals surface area contributed by atoms with E-state index in [1.54, 1.807) is 4.31 Å². The Balaban J connectivity index is 2.36. The molecule has 1 aliphatic heterocycles. The van der Waals surface area contributed by atoms with Gasteiger partial charge in [0.05, 0.1) is 6.26 Å². The number of sulfonamides is 1. The zero-order chi connectivity index (χ0) is 11.3. The van der Waals surface area contributed by atoms with Gasteiger partial charge in [0.25, 0.3) is 0 Å². The van der Waals surface area contributed by atoms with Crippen LogP contribution in [-0.2, 0) is 10.0 Å². The largest absolute Gasteiger partial charge is 0.213 e. The third-order valence-electron chi connectivity index (χ3n) is 2.95. The second kappa shape index (κ2) is 6.06. The van der Waals surface area contributed by atoms with Crippen LogP contribution in [0.5, 0.6) is 0 Å². The van der Waals surface area contributed by atoms with E-state index in [-0.39, 0.29) is 0 Å². The summed E-state index contributed by atoms with van der Waals surface area (Å²) in [7, 11) is -2.98. The van der Waals surface area contributed by atoms with Crippen LogP contribution in [0.3, 0.4) is 0 Å². The van der Waals surface area contributed by atoms with Gasteiger partial charge in [-0.05, 0) is 31.6 Å². The minimum Gasteiger partial charge on any atom is -0.213 e. The maximum atomic E-state index is 11.4. The van der Waals surface area contributed by atoms with Gasteiger partial charge in [-0.15, -0.1) is 11.6 Å². The molecule has 1 fully saturated rings. The molecule has 0 saturated carbocycles. The predicted octanol–water partition coefficient (Wildman–Crippen LogP) is 2.07. The number of alkyl halides is 1. The number of unbranched alkanes of at least 4 members (excludes halogenated alkanes) is 1. The fourth-order valence-electron chi connectivity index (χ4n) is 2.09. The molecule has 0 aromatic carbocycles. The molecule has 1 unspecified atom stereocenters. The molecule has 1 aliphatic rings. The van der Waals surface area contributed by atoms with E-state index in [0.29, 0.717) is 24.9 Å². The van der Waals surface area contributed by atoms with Crippen LogP contribution in [0.4, 0.5) is 0 Å². The smallest absolute Gasteiger partial charge is 0.211 e. The Morgan fingerprint density at radius 1 is 1.40 bits per heavy atom. The molecule has 1 saturated heterocycles. The molecule has 15 heavy (non-hydrogen) atoms. The van der Waals surface area contributed by atoms with E-state index < -0.39 is 10.0 Å². The highest BCUT2D eigenvalue weighted by molar-refractivity contribution is 7.88. The summed E-state index contributed by atoms with van der Waals surface area (Å²) in [6.07, 6.45) is 6.72. The SMILES string of the molecule is CS(=O)(=O)N1CCCC(CCCCCl)C1. The summed E-state index contributed by atoms with van der Waals surface area (Å²) in [5.41, 5.74) is 0. The van der Waals surface area contributed by atoms with Crippen LogP contribution in [0.25, 0.3) is 0 Å². The van der Waals surface area contributed by atoms with Crippen molar-refractivity contribution in [2.75, 3.05) is 25.2 Å². The van der Waals surface area contributed by atoms with E-state index in [9.17, 15) is 8.42 Å². The number of hydrogen-bond donors (Lipinski definition) is 0. The highest BCUT2D eigenvalue weighted by Gasteiger charge is 2.25. The monoisotopic (exact) mass is 253 g/mol. The van der Waals surface area contributed by atoms with Crippen molar-refractivity contribution in [2.45, 2.75) is 32.1 Å². The fraction of sp³-hybridized carbons (Fsp3) is 1.00. The molecule has 1 atom stereocenters. The molecule has 0 radical (unpaired) electrons. The molecule has 0 amide bonds. The molecule has 0 aromatic rings. The fourth-order valence-corrected chi connectivity index (χ4v) is 3.22. The third-order valence-corrected chi connectivity index (χ3v) is 4.48. The van der Waals surface area contributed by atoms with Gasteiger partial charge in [-0.1, -0.05) is 6.42 Å². The van der Waals surface area contributed by atoms with Gasteiger partial charge >= 0.3 is 0 Å². The molecule has 1 heterocycles. The summed E-state index contributed by atoms with van der Waals surface area (Å²) in [5, 5.41) is 0. The Labute approximate surface area is 97.8 Å². The zero-order valence-corrected chi connectivity index (χ0v) is 10.9. The lowest BCUT2D eigenvalue weighted by Gasteiger charge is -2.30. The van der Waals surface area contributed by atoms with Gasteiger partial charge in [-0.3, -0.25) is 0 Å². The first-order chi connectivity index (χ1) is 7.04. The van der Waals surface area contributed by atoms with Crippen molar-refractivity contribution in [1.82, 2.24) is 4.31 Å². The van der Waals surface area contributed by atoms with Crippen molar-refractivity contribution in [3.05, 3.63) is 0 Å². The Bertz CT molecular complexity index is 279. The van der Waals surface area contributed by atoms with Crippen LogP contribution >= 0.6 is 11.6 Å². The first-order valence-electron chi connectivity index (χ1n) is 5.55. The highest BCUT2D eigenvalue weighted by Crippen LogP contribution is 2.23. The Morgan fingerprint density at radius 3 is 2.73 bits per heavy atom. The second-order valence-corrected chi connectivity index (χ2v) is 6.67. The van der Waals surface area contributed by atoms with Crippen molar-refractivity contribution >= 4 is 21.6 Å². The zero-order valence-electron chi connectivity index (χ0n) is 9.28. The molecule has 0 spiro atoms. The van der Waals surface area contributed by atoms with E-state index in [2.05, 4.69) is 0 Å². The van der Waals surface area contributed by atoms with Gasteiger partial charge in [0.1, 0.15) is 0 Å². The van der Waals surface area contributed by atoms with Crippen LogP contribution in [0, 0.1) is 5.92 Å². The van der Waals surface area contributed by atoms with Crippen molar-refractivity contribution in [2.24, 2.45) is 5.92 Å². The van der Waals surface area contributed by atoms with Crippen LogP contribution in [0.15, 0.2) is 0 Å². The van der Waals surface area contributed by atoms with Crippen LogP contribution < -0.4 is 0 Å². The summed E-state index contributed by atoms with van der Waals surface area (Å²) in [6, 6.07) is 0. The number of rotatable bonds is 5. The Kier molecular flexibility index (Phi) is 5.36. The number of hydrogen-bond acceptors (Lipinski definition) is 2. The number of halogens is 1. The maximum Gasteiger partial charge on any atom is 0.211 e. The molecule has 5 heteroatoms. The van der Waals surface area contributed by atoms with Crippen LogP contribution in [0.1, 0.15) is 32.1 Å². The second-order valence-electron chi connectivity index (χ2n) is 4.31. The Morgan fingerprint density at radius 2 is 2.13 bits per heavy atom. The summed E-state index contributed by atoms with van der Waals surface area (Å²) < 4.78 is 24.3. The van der Waals surface area contributed by atoms with E-state index in [1.807, 2.05) is 0 Å². The van der Waals surface area contributed by atoms with E-state index in [4.69, 9.17) is 11.6 Å². The molecular weight excluding hydrogens is 234 g/mol. The standard InChI is InChI=1S/C10H20ClNO2S/c1-15(13,14)12-8-4-6-10(9-12)5-2-3-7-11/h10H,2-9H2,1H3. The molecule has 3 nitrogen and oxygen atoms in total. The summed E-state index contributed by atoms with van der Waals surface area (Å²) >= 11 is 5.61. The first-order valence-corrected chi connectivity index (χ1v) is 7.93. The first kappa shape index (κ1) is 13.3. The van der Waals surface area contributed by atoms with Gasteiger partial charge in [0.2, 0.25) is 10.0 Å². The molecule has 1 rings (SSSR count). The van der Waals surface area contributed by atoms with Crippen molar-refractivity contribution < 1.29 is 8.42 Å². The van der Waals surface area contributed by atoms with Gasteiger partial charge in [0.15, 0.2) is 0 Å². The van der Waals surface area contributed by atoms with Crippen LogP contribution in [-0.4, -0.2) is 37.9 Å². The molecule has 90 valence electrons. The lowest BCUT2D eigenvalue weighted by atomic mass is 9.94. The van der Waals surface area contributed by atoms with Gasteiger partial charge < -0.3 is 0 Å². The summed E-state index contributed by atoms with van der Waals surface area (Å²) in [6.45, 7) is 1.41. The molecule has 0 aromatic heterocycles. The predicted molar refractivity (Wildman–Crippen MR) is 63.7 cm³/mol. The quantitative estimate of drug-likeness (QED) is 0.556. The van der Waals surface area contributed by atoms with Gasteiger partial charge in [0, 0.05) is 19.0 Å². The normalized spacial score (nSPS) is 24.3. The molecule has 0 bridgehead atoms. The van der Waals surface area contributed by atoms with Crippen molar-refractivity contribution in [1.29, 1.82) is 0 Å². The molecule has 0 aliphatic carbocycles. The number of nitrogens with zero attached hydrogens (tertiary/aromatic N) is 1. The van der Waals surface area contributed by atoms with Gasteiger partial charge in [-0.2, -0.15) is 0 Å². The third kappa shape index (κ3) is 4.70. The Hall–Kier alpha value is 0.200. The maximum absolute atomic E-state index is 11.4. The lowest BCUT2D eigenvalue weighted by molar-refractivity contribution is 0.253. The van der Waals surface area contributed by atoms with Crippen LogP contribution in [0.2, 0.25) is 0 Å². The van der Waals surface area contributed by atoms with Crippen molar-refractivity contribution in [3.63, 3.8) is 0 Å². The minimum atomic E-state index is -2.98. The lowest BCUT2D eigenvalue weighted by Crippen LogP contribution is -2.39. The number of piperidine rings is 1. The molecule has 0 N–H and O–H groups in total. The summed E-state index contributed by atoms with van der Waals surface area (Å²) in [4.78, 5) is 0. The minimum absolute atomic E-state index is 0.539. The van der Waals surface area contributed by atoms with Crippen molar-refractivity contribution in [3.8, 4) is 0 Å². The average molecular weight is 254 g/mol. The summed E-state index contributed by atoms with van der Waals surface area (Å²) in [5.74, 6) is 1.25.